The second-order valence-electron chi connectivity index (χ2n) is 6.22. The molecule has 1 atom stereocenters. The molecule has 2 saturated heterocycles. The van der Waals surface area contributed by atoms with Crippen LogP contribution < -0.4 is 10.2 Å². The molecule has 1 amide bonds. The highest BCUT2D eigenvalue weighted by molar-refractivity contribution is 6.06. The van der Waals surface area contributed by atoms with Gasteiger partial charge in [0.15, 0.2) is 0 Å². The lowest BCUT2D eigenvalue weighted by Gasteiger charge is -2.21. The van der Waals surface area contributed by atoms with Crippen molar-refractivity contribution in [2.45, 2.75) is 31.8 Å². The predicted octanol–water partition coefficient (Wildman–Crippen LogP) is 2.95. The van der Waals surface area contributed by atoms with Crippen LogP contribution in [0.3, 0.4) is 0 Å². The van der Waals surface area contributed by atoms with E-state index in [1.165, 1.54) is 12.8 Å². The summed E-state index contributed by atoms with van der Waals surface area (Å²) < 4.78 is 5.47. The van der Waals surface area contributed by atoms with Gasteiger partial charge in [0.1, 0.15) is 6.10 Å². The molecular weight excluding hydrogens is 290 g/mol. The largest absolute Gasteiger partial charge is 0.370 e. The summed E-state index contributed by atoms with van der Waals surface area (Å²) in [6.45, 7) is 2.83. The van der Waals surface area contributed by atoms with E-state index < -0.39 is 0 Å². The normalized spacial score (nSPS) is 21.0. The van der Waals surface area contributed by atoms with Crippen LogP contribution in [0.1, 0.15) is 25.7 Å². The van der Waals surface area contributed by atoms with E-state index in [1.807, 2.05) is 24.4 Å². The number of ether oxygens (including phenoxy) is 1. The Balaban J connectivity index is 1.67. The zero-order valence-corrected chi connectivity index (χ0v) is 13.1. The SMILES string of the molecule is O=C(Nc1ccc(N2CCCC2)c2ncccc12)C1CCCO1. The molecule has 5 heteroatoms. The van der Waals surface area contributed by atoms with Gasteiger partial charge in [-0.3, -0.25) is 9.78 Å². The van der Waals surface area contributed by atoms with E-state index in [0.717, 1.165) is 48.2 Å². The van der Waals surface area contributed by atoms with E-state index in [2.05, 4.69) is 21.3 Å². The smallest absolute Gasteiger partial charge is 0.253 e. The van der Waals surface area contributed by atoms with Crippen molar-refractivity contribution in [2.24, 2.45) is 0 Å². The first-order valence-corrected chi connectivity index (χ1v) is 8.38. The summed E-state index contributed by atoms with van der Waals surface area (Å²) in [6, 6.07) is 8.00. The van der Waals surface area contributed by atoms with Gasteiger partial charge in [-0.2, -0.15) is 0 Å². The molecule has 1 aromatic carbocycles. The minimum atomic E-state index is -0.319. The van der Waals surface area contributed by atoms with Gasteiger partial charge in [0.05, 0.1) is 16.9 Å². The maximum absolute atomic E-state index is 12.3. The zero-order valence-electron chi connectivity index (χ0n) is 13.1. The number of carbonyl (C=O) groups excluding carboxylic acids is 1. The van der Waals surface area contributed by atoms with Crippen LogP contribution in [-0.2, 0) is 9.53 Å². The molecule has 0 aliphatic carbocycles. The van der Waals surface area contributed by atoms with Gasteiger partial charge in [0.2, 0.25) is 0 Å². The molecule has 2 fully saturated rings. The Labute approximate surface area is 135 Å². The Morgan fingerprint density at radius 2 is 2.09 bits per heavy atom. The number of carbonyl (C=O) groups is 1. The van der Waals surface area contributed by atoms with Crippen molar-refractivity contribution < 1.29 is 9.53 Å². The van der Waals surface area contributed by atoms with Crippen LogP contribution in [0.4, 0.5) is 11.4 Å². The fourth-order valence-electron chi connectivity index (χ4n) is 3.48. The molecule has 3 heterocycles. The van der Waals surface area contributed by atoms with Crippen molar-refractivity contribution in [3.8, 4) is 0 Å². The van der Waals surface area contributed by atoms with E-state index in [-0.39, 0.29) is 12.0 Å². The van der Waals surface area contributed by atoms with Gasteiger partial charge in [-0.1, -0.05) is 0 Å². The molecule has 1 N–H and O–H groups in total. The number of hydrogen-bond acceptors (Lipinski definition) is 4. The summed E-state index contributed by atoms with van der Waals surface area (Å²) >= 11 is 0. The number of nitrogens with one attached hydrogen (secondary N) is 1. The van der Waals surface area contributed by atoms with Gasteiger partial charge in [-0.25, -0.2) is 0 Å². The lowest BCUT2D eigenvalue weighted by molar-refractivity contribution is -0.124. The van der Waals surface area contributed by atoms with Gasteiger partial charge in [-0.05, 0) is 49.9 Å². The van der Waals surface area contributed by atoms with E-state index in [1.54, 1.807) is 0 Å². The molecule has 1 unspecified atom stereocenters. The van der Waals surface area contributed by atoms with E-state index in [9.17, 15) is 4.79 Å². The third-order valence-corrected chi connectivity index (χ3v) is 4.68. The zero-order chi connectivity index (χ0) is 15.6. The first-order valence-electron chi connectivity index (χ1n) is 8.38. The minimum Gasteiger partial charge on any atom is -0.370 e. The molecule has 0 bridgehead atoms. The van der Waals surface area contributed by atoms with Crippen molar-refractivity contribution in [2.75, 3.05) is 29.9 Å². The maximum Gasteiger partial charge on any atom is 0.253 e. The quantitative estimate of drug-likeness (QED) is 0.947. The Kier molecular flexibility index (Phi) is 3.87. The summed E-state index contributed by atoms with van der Waals surface area (Å²) in [5.41, 5.74) is 2.93. The fourth-order valence-corrected chi connectivity index (χ4v) is 3.48. The maximum atomic E-state index is 12.3. The van der Waals surface area contributed by atoms with Gasteiger partial charge in [0, 0.05) is 31.3 Å². The van der Waals surface area contributed by atoms with Crippen LogP contribution in [0.25, 0.3) is 10.9 Å². The Bertz CT molecular complexity index is 719. The average Bonchev–Trinajstić information content (AvgIpc) is 3.29. The highest BCUT2D eigenvalue weighted by Crippen LogP contribution is 2.32. The van der Waals surface area contributed by atoms with Gasteiger partial charge in [-0.15, -0.1) is 0 Å². The Hall–Kier alpha value is -2.14. The van der Waals surface area contributed by atoms with Gasteiger partial charge in [0.25, 0.3) is 5.91 Å². The minimum absolute atomic E-state index is 0.0541. The summed E-state index contributed by atoms with van der Waals surface area (Å²) in [6.07, 6.45) is 5.70. The number of rotatable bonds is 3. The van der Waals surface area contributed by atoms with Crippen molar-refractivity contribution in [1.29, 1.82) is 0 Å². The topological polar surface area (TPSA) is 54.5 Å². The van der Waals surface area contributed by atoms with Crippen LogP contribution in [-0.4, -0.2) is 36.7 Å². The molecular formula is C18H21N3O2. The molecule has 2 aliphatic rings. The molecule has 5 nitrogen and oxygen atoms in total. The summed E-state index contributed by atoms with van der Waals surface area (Å²) in [4.78, 5) is 19.3. The number of hydrogen-bond donors (Lipinski definition) is 1. The molecule has 0 spiro atoms. The highest BCUT2D eigenvalue weighted by atomic mass is 16.5. The van der Waals surface area contributed by atoms with Crippen LogP contribution in [0.2, 0.25) is 0 Å². The lowest BCUT2D eigenvalue weighted by Crippen LogP contribution is -2.27. The standard InChI is InChI=1S/C18H21N3O2/c22-18(16-6-4-12-23-16)20-14-7-8-15(21-10-1-2-11-21)17-13(14)5-3-9-19-17/h3,5,7-9,16H,1-2,4,6,10-12H2,(H,20,22). The predicted molar refractivity (Wildman–Crippen MR) is 90.8 cm³/mol. The molecule has 2 aromatic rings. The second-order valence-corrected chi connectivity index (χ2v) is 6.22. The van der Waals surface area contributed by atoms with Crippen molar-refractivity contribution in [1.82, 2.24) is 4.98 Å². The number of anilines is 2. The summed E-state index contributed by atoms with van der Waals surface area (Å²) in [7, 11) is 0. The van der Waals surface area contributed by atoms with Crippen molar-refractivity contribution >= 4 is 28.2 Å². The van der Waals surface area contributed by atoms with Crippen molar-refractivity contribution in [3.63, 3.8) is 0 Å². The number of nitrogens with zero attached hydrogens (tertiary/aromatic N) is 2. The fraction of sp³-hybridized carbons (Fsp3) is 0.444. The van der Waals surface area contributed by atoms with Crippen LogP contribution in [0, 0.1) is 0 Å². The molecule has 120 valence electrons. The second kappa shape index (κ2) is 6.16. The van der Waals surface area contributed by atoms with Crippen LogP contribution in [0.5, 0.6) is 0 Å². The molecule has 4 rings (SSSR count). The first kappa shape index (κ1) is 14.5. The molecule has 23 heavy (non-hydrogen) atoms. The van der Waals surface area contributed by atoms with E-state index in [4.69, 9.17) is 4.74 Å². The highest BCUT2D eigenvalue weighted by Gasteiger charge is 2.24. The lowest BCUT2D eigenvalue weighted by atomic mass is 10.1. The molecule has 2 aliphatic heterocycles. The monoisotopic (exact) mass is 311 g/mol. The van der Waals surface area contributed by atoms with E-state index in [0.29, 0.717) is 6.61 Å². The third-order valence-electron chi connectivity index (χ3n) is 4.68. The van der Waals surface area contributed by atoms with Crippen molar-refractivity contribution in [3.05, 3.63) is 30.5 Å². The number of benzene rings is 1. The van der Waals surface area contributed by atoms with Crippen LogP contribution >= 0.6 is 0 Å². The average molecular weight is 311 g/mol. The van der Waals surface area contributed by atoms with E-state index >= 15 is 0 Å². The van der Waals surface area contributed by atoms with Gasteiger partial charge < -0.3 is 15.0 Å². The molecule has 0 saturated carbocycles. The summed E-state index contributed by atoms with van der Waals surface area (Å²) in [5.74, 6) is -0.0541. The summed E-state index contributed by atoms with van der Waals surface area (Å²) in [5, 5.41) is 4.01. The Morgan fingerprint density at radius 1 is 1.22 bits per heavy atom. The number of pyridine rings is 1. The van der Waals surface area contributed by atoms with Crippen LogP contribution in [0.15, 0.2) is 30.5 Å². The number of aromatic nitrogens is 1. The molecule has 0 radical (unpaired) electrons. The van der Waals surface area contributed by atoms with Gasteiger partial charge >= 0.3 is 0 Å². The first-order chi connectivity index (χ1) is 11.3. The third kappa shape index (κ3) is 2.77. The molecule has 1 aromatic heterocycles. The number of amides is 1. The Morgan fingerprint density at radius 3 is 2.87 bits per heavy atom. The number of fused-ring (bicyclic) bond motifs is 1.